The second kappa shape index (κ2) is 8.49. The van der Waals surface area contributed by atoms with Crippen molar-refractivity contribution in [3.63, 3.8) is 0 Å². The lowest BCUT2D eigenvalue weighted by atomic mass is 9.96. The lowest BCUT2D eigenvalue weighted by Gasteiger charge is -2.09. The maximum Gasteiger partial charge on any atom is 0.163 e. The molecule has 1 fully saturated rings. The first-order valence-corrected chi connectivity index (χ1v) is 11.1. The maximum absolute atomic E-state index is 13.5. The Balaban J connectivity index is 1.61. The number of carbonyl (C=O) groups excluding carboxylic acids is 1. The van der Waals surface area contributed by atoms with Crippen molar-refractivity contribution in [2.75, 3.05) is 0 Å². The molecule has 1 heterocycles. The minimum Gasteiger partial charge on any atom is -0.393 e. The van der Waals surface area contributed by atoms with E-state index in [2.05, 4.69) is 0 Å². The van der Waals surface area contributed by atoms with Crippen molar-refractivity contribution >= 4 is 28.3 Å². The Hall–Kier alpha value is -3.02. The van der Waals surface area contributed by atoms with Crippen LogP contribution in [0.5, 0.6) is 0 Å². The molecule has 0 radical (unpaired) electrons. The molecule has 0 amide bonds. The molecule has 3 aromatic carbocycles. The fourth-order valence-corrected chi connectivity index (χ4v) is 4.76. The Labute approximate surface area is 190 Å². The van der Waals surface area contributed by atoms with Gasteiger partial charge in [-0.15, -0.1) is 0 Å². The van der Waals surface area contributed by atoms with Crippen LogP contribution in [-0.4, -0.2) is 26.8 Å². The van der Waals surface area contributed by atoms with Gasteiger partial charge in [0.2, 0.25) is 0 Å². The topological polar surface area (TPSA) is 55.1 Å². The molecule has 0 saturated heterocycles. The first-order chi connectivity index (χ1) is 15.5. The van der Waals surface area contributed by atoms with Gasteiger partial charge in [0.1, 0.15) is 11.5 Å². The van der Waals surface area contributed by atoms with Crippen LogP contribution in [-0.2, 0) is 0 Å². The van der Waals surface area contributed by atoms with E-state index in [0.717, 1.165) is 29.3 Å². The van der Waals surface area contributed by atoms with Crippen molar-refractivity contribution in [3.05, 3.63) is 83.1 Å². The third-order valence-electron chi connectivity index (χ3n) is 6.19. The average Bonchev–Trinajstić information content (AvgIpc) is 3.37. The van der Waals surface area contributed by atoms with Crippen molar-refractivity contribution in [2.45, 2.75) is 31.8 Å². The van der Waals surface area contributed by atoms with Crippen LogP contribution in [0.3, 0.4) is 0 Å². The Bertz CT molecular complexity index is 1300. The number of rotatable bonds is 5. The fourth-order valence-electron chi connectivity index (χ4n) is 4.53. The van der Waals surface area contributed by atoms with Crippen LogP contribution in [0.25, 0.3) is 27.8 Å². The largest absolute Gasteiger partial charge is 0.393 e. The van der Waals surface area contributed by atoms with Crippen LogP contribution in [0.4, 0.5) is 4.39 Å². The van der Waals surface area contributed by atoms with Crippen molar-refractivity contribution < 1.29 is 14.3 Å². The number of ketones is 1. The minimum atomic E-state index is -0.328. The molecule has 1 aromatic heterocycles. The van der Waals surface area contributed by atoms with Gasteiger partial charge < -0.3 is 5.11 Å². The number of aliphatic hydroxyl groups excluding tert-OH is 1. The highest BCUT2D eigenvalue weighted by Crippen LogP contribution is 2.35. The van der Waals surface area contributed by atoms with Gasteiger partial charge in [0, 0.05) is 22.9 Å². The normalized spacial score (nSPS) is 18.3. The molecule has 2 unspecified atom stereocenters. The zero-order valence-electron chi connectivity index (χ0n) is 17.3. The second-order valence-electron chi connectivity index (χ2n) is 8.41. The Morgan fingerprint density at radius 3 is 2.59 bits per heavy atom. The second-order valence-corrected chi connectivity index (χ2v) is 8.82. The smallest absolute Gasteiger partial charge is 0.163 e. The van der Waals surface area contributed by atoms with Gasteiger partial charge >= 0.3 is 0 Å². The van der Waals surface area contributed by atoms with Crippen LogP contribution in [0.15, 0.2) is 66.7 Å². The summed E-state index contributed by atoms with van der Waals surface area (Å²) in [6.45, 7) is 0. The molecule has 1 saturated carbocycles. The Kier molecular flexibility index (Phi) is 5.53. The summed E-state index contributed by atoms with van der Waals surface area (Å²) in [5, 5.41) is 16.0. The molecule has 2 atom stereocenters. The molecule has 4 aromatic rings. The van der Waals surface area contributed by atoms with Crippen LogP contribution < -0.4 is 0 Å². The van der Waals surface area contributed by atoms with Gasteiger partial charge in [-0.05, 0) is 67.6 Å². The third kappa shape index (κ3) is 3.94. The van der Waals surface area contributed by atoms with E-state index in [-0.39, 0.29) is 23.6 Å². The predicted molar refractivity (Wildman–Crippen MR) is 124 cm³/mol. The van der Waals surface area contributed by atoms with Crippen LogP contribution >= 0.6 is 11.6 Å². The molecule has 4 nitrogen and oxygen atoms in total. The zero-order chi connectivity index (χ0) is 22.2. The fraction of sp³-hybridized carbons (Fsp3) is 0.231. The first-order valence-electron chi connectivity index (χ1n) is 10.7. The van der Waals surface area contributed by atoms with Gasteiger partial charge in [0.15, 0.2) is 5.78 Å². The number of benzene rings is 3. The molecule has 162 valence electrons. The zero-order valence-corrected chi connectivity index (χ0v) is 18.1. The van der Waals surface area contributed by atoms with E-state index in [1.54, 1.807) is 16.8 Å². The number of fused-ring (bicyclic) bond motifs is 1. The number of hydrogen-bond acceptors (Lipinski definition) is 3. The summed E-state index contributed by atoms with van der Waals surface area (Å²) in [5.41, 5.74) is 3.54. The number of Topliss-reactive ketones (excluding diaryl/α,β-unsaturated/α-hetero) is 1. The highest BCUT2D eigenvalue weighted by atomic mass is 35.5. The summed E-state index contributed by atoms with van der Waals surface area (Å²) in [4.78, 5) is 13.0. The van der Waals surface area contributed by atoms with Gasteiger partial charge in [-0.1, -0.05) is 35.9 Å². The molecule has 32 heavy (non-hydrogen) atoms. The van der Waals surface area contributed by atoms with Gasteiger partial charge in [0.05, 0.1) is 22.3 Å². The van der Waals surface area contributed by atoms with Gasteiger partial charge in [0.25, 0.3) is 0 Å². The van der Waals surface area contributed by atoms with Gasteiger partial charge in [-0.2, -0.15) is 5.10 Å². The summed E-state index contributed by atoms with van der Waals surface area (Å²) in [5.74, 6) is -0.0581. The molecule has 0 spiro atoms. The Morgan fingerprint density at radius 1 is 1.09 bits per heavy atom. The standard InChI is InChI=1S/C26H22ClFN2O2/c27-23-4-2-1-3-21(23)26-22-12-6-17(25(32)14-16-5-11-20(31)13-16)15-24(22)30(29-26)19-9-7-18(28)8-10-19/h1-4,6-10,12,15-16,20,31H,5,11,13-14H2. The lowest BCUT2D eigenvalue weighted by Crippen LogP contribution is -2.08. The van der Waals surface area contributed by atoms with Gasteiger partial charge in [-0.3, -0.25) is 4.79 Å². The number of aromatic nitrogens is 2. The van der Waals surface area contributed by atoms with E-state index in [1.807, 2.05) is 42.5 Å². The molecule has 1 N–H and O–H groups in total. The van der Waals surface area contributed by atoms with E-state index >= 15 is 0 Å². The van der Waals surface area contributed by atoms with Crippen molar-refractivity contribution in [1.29, 1.82) is 0 Å². The monoisotopic (exact) mass is 448 g/mol. The van der Waals surface area contributed by atoms with Crippen LogP contribution in [0.2, 0.25) is 5.02 Å². The number of halogens is 2. The maximum atomic E-state index is 13.5. The molecule has 1 aliphatic carbocycles. The van der Waals surface area contributed by atoms with Crippen molar-refractivity contribution in [2.24, 2.45) is 5.92 Å². The quantitative estimate of drug-likeness (QED) is 0.369. The first kappa shape index (κ1) is 20.9. The summed E-state index contributed by atoms with van der Waals surface area (Å²) in [7, 11) is 0. The van der Waals surface area contributed by atoms with Crippen LogP contribution in [0.1, 0.15) is 36.0 Å². The minimum absolute atomic E-state index is 0.0529. The molecule has 0 aliphatic heterocycles. The molecule has 0 bridgehead atoms. The highest BCUT2D eigenvalue weighted by Gasteiger charge is 2.26. The van der Waals surface area contributed by atoms with E-state index in [1.165, 1.54) is 12.1 Å². The number of carbonyl (C=O) groups is 1. The number of hydrogen-bond donors (Lipinski definition) is 1. The SMILES string of the molecule is O=C(CC1CCC(O)C1)c1ccc2c(-c3ccccc3Cl)nn(-c3ccc(F)cc3)c2c1. The van der Waals surface area contributed by atoms with Crippen LogP contribution in [0, 0.1) is 11.7 Å². The molecular formula is C26H22ClFN2O2. The van der Waals surface area contributed by atoms with E-state index < -0.39 is 0 Å². The Morgan fingerprint density at radius 2 is 1.88 bits per heavy atom. The molecule has 1 aliphatic rings. The number of nitrogens with zero attached hydrogens (tertiary/aromatic N) is 2. The highest BCUT2D eigenvalue weighted by molar-refractivity contribution is 6.33. The predicted octanol–water partition coefficient (Wildman–Crippen LogP) is 6.22. The van der Waals surface area contributed by atoms with E-state index in [4.69, 9.17) is 16.7 Å². The summed E-state index contributed by atoms with van der Waals surface area (Å²) in [6.07, 6.45) is 2.44. The molecule has 5 rings (SSSR count). The van der Waals surface area contributed by atoms with Crippen molar-refractivity contribution in [1.82, 2.24) is 9.78 Å². The summed E-state index contributed by atoms with van der Waals surface area (Å²) >= 11 is 6.45. The average molecular weight is 449 g/mol. The molecular weight excluding hydrogens is 427 g/mol. The van der Waals surface area contributed by atoms with Crippen molar-refractivity contribution in [3.8, 4) is 16.9 Å². The summed E-state index contributed by atoms with van der Waals surface area (Å²) in [6, 6.07) is 19.2. The summed E-state index contributed by atoms with van der Waals surface area (Å²) < 4.78 is 15.2. The van der Waals surface area contributed by atoms with E-state index in [0.29, 0.717) is 34.8 Å². The van der Waals surface area contributed by atoms with E-state index in [9.17, 15) is 14.3 Å². The number of aliphatic hydroxyl groups is 1. The van der Waals surface area contributed by atoms with Gasteiger partial charge in [-0.25, -0.2) is 9.07 Å². The third-order valence-corrected chi connectivity index (χ3v) is 6.52. The lowest BCUT2D eigenvalue weighted by molar-refractivity contribution is 0.0957. The molecule has 6 heteroatoms.